The number of aryl methyl sites for hydroxylation is 1. The highest BCUT2D eigenvalue weighted by molar-refractivity contribution is 5.97. The number of fused-ring (bicyclic) bond motifs is 3. The molecule has 24 heavy (non-hydrogen) atoms. The summed E-state index contributed by atoms with van der Waals surface area (Å²) in [6.45, 7) is 4.05. The lowest BCUT2D eigenvalue weighted by molar-refractivity contribution is -0.147. The average Bonchev–Trinajstić information content (AvgIpc) is 3.06. The lowest BCUT2D eigenvalue weighted by Crippen LogP contribution is -2.22. The summed E-state index contributed by atoms with van der Waals surface area (Å²) >= 11 is 0. The zero-order chi connectivity index (χ0) is 16.8. The van der Waals surface area contributed by atoms with E-state index in [1.165, 1.54) is 17.7 Å². The molecular weight excluding hydrogens is 306 g/mol. The van der Waals surface area contributed by atoms with Gasteiger partial charge in [-0.1, -0.05) is 6.92 Å². The van der Waals surface area contributed by atoms with Gasteiger partial charge in [0.2, 0.25) is 6.10 Å². The van der Waals surface area contributed by atoms with Gasteiger partial charge in [-0.25, -0.2) is 9.59 Å². The number of aromatic nitrogens is 1. The third-order valence-electron chi connectivity index (χ3n) is 5.05. The molecule has 0 unspecified atom stereocenters. The quantitative estimate of drug-likeness (QED) is 0.860. The fourth-order valence-electron chi connectivity index (χ4n) is 3.73. The Balaban J connectivity index is 1.61. The van der Waals surface area contributed by atoms with E-state index in [9.17, 15) is 9.59 Å². The van der Waals surface area contributed by atoms with Gasteiger partial charge in [0.1, 0.15) is 6.10 Å². The van der Waals surface area contributed by atoms with Crippen LogP contribution in [0.25, 0.3) is 10.9 Å². The molecule has 0 radical (unpaired) electrons. The van der Waals surface area contributed by atoms with E-state index < -0.39 is 18.0 Å². The minimum atomic E-state index is -0.789. The number of hydrogen-bond donors (Lipinski definition) is 1. The molecule has 1 aromatic heterocycles. The number of carbonyl (C=O) groups is 2. The van der Waals surface area contributed by atoms with E-state index in [1.807, 2.05) is 12.1 Å². The molecule has 5 heteroatoms. The molecule has 0 spiro atoms. The molecule has 1 aliphatic heterocycles. The van der Waals surface area contributed by atoms with Crippen LogP contribution >= 0.6 is 0 Å². The Morgan fingerprint density at radius 2 is 2.17 bits per heavy atom. The summed E-state index contributed by atoms with van der Waals surface area (Å²) in [5, 5.41) is 1.09. The molecule has 0 bridgehead atoms. The van der Waals surface area contributed by atoms with Crippen LogP contribution in [-0.4, -0.2) is 29.1 Å². The first kappa shape index (κ1) is 15.2. The summed E-state index contributed by atoms with van der Waals surface area (Å²) in [6.07, 6.45) is 2.71. The van der Waals surface area contributed by atoms with Gasteiger partial charge in [-0.3, -0.25) is 0 Å². The first-order valence-electron chi connectivity index (χ1n) is 8.56. The summed E-state index contributed by atoms with van der Waals surface area (Å²) in [5.41, 5.74) is 4.13. The molecular formula is C19H21NO4. The SMILES string of the molecule is C[C@H]1CCc2[nH]c3ccc(C(=O)O[C@@H]4C[C@H](C)OC4=O)cc3c2C1. The molecule has 4 rings (SSSR count). The number of aromatic amines is 1. The monoisotopic (exact) mass is 327 g/mol. The topological polar surface area (TPSA) is 68.4 Å². The van der Waals surface area contributed by atoms with Crippen LogP contribution in [0.5, 0.6) is 0 Å². The molecule has 2 aromatic rings. The first-order valence-corrected chi connectivity index (χ1v) is 8.56. The normalized spacial score (nSPS) is 26.2. The van der Waals surface area contributed by atoms with Gasteiger partial charge in [0.05, 0.1) is 5.56 Å². The summed E-state index contributed by atoms with van der Waals surface area (Å²) in [7, 11) is 0. The van der Waals surface area contributed by atoms with E-state index in [0.29, 0.717) is 17.9 Å². The van der Waals surface area contributed by atoms with Crippen molar-refractivity contribution in [2.75, 3.05) is 0 Å². The molecule has 1 N–H and O–H groups in total. The highest BCUT2D eigenvalue weighted by Crippen LogP contribution is 2.32. The van der Waals surface area contributed by atoms with Crippen LogP contribution in [0, 0.1) is 5.92 Å². The van der Waals surface area contributed by atoms with Crippen molar-refractivity contribution >= 4 is 22.8 Å². The van der Waals surface area contributed by atoms with Crippen LogP contribution < -0.4 is 0 Å². The number of nitrogens with one attached hydrogen (secondary N) is 1. The summed E-state index contributed by atoms with van der Waals surface area (Å²) < 4.78 is 10.4. The Morgan fingerprint density at radius 1 is 1.33 bits per heavy atom. The van der Waals surface area contributed by atoms with Crippen LogP contribution in [0.3, 0.4) is 0 Å². The van der Waals surface area contributed by atoms with Crippen molar-refractivity contribution in [3.05, 3.63) is 35.0 Å². The van der Waals surface area contributed by atoms with Gasteiger partial charge in [0.15, 0.2) is 0 Å². The first-order chi connectivity index (χ1) is 11.5. The zero-order valence-electron chi connectivity index (χ0n) is 13.9. The Hall–Kier alpha value is -2.30. The fraction of sp³-hybridized carbons (Fsp3) is 0.474. The number of benzene rings is 1. The third kappa shape index (κ3) is 2.58. The van der Waals surface area contributed by atoms with Gasteiger partial charge in [-0.2, -0.15) is 0 Å². The largest absolute Gasteiger partial charge is 0.460 e. The van der Waals surface area contributed by atoms with E-state index in [0.717, 1.165) is 23.7 Å². The molecule has 126 valence electrons. The fourth-order valence-corrected chi connectivity index (χ4v) is 3.73. The molecule has 0 amide bonds. The van der Waals surface area contributed by atoms with Crippen molar-refractivity contribution in [3.63, 3.8) is 0 Å². The van der Waals surface area contributed by atoms with E-state index in [1.54, 1.807) is 13.0 Å². The van der Waals surface area contributed by atoms with Crippen molar-refractivity contribution in [1.82, 2.24) is 4.98 Å². The number of ether oxygens (including phenoxy) is 2. The van der Waals surface area contributed by atoms with Crippen LogP contribution in [0.1, 0.15) is 48.3 Å². The molecule has 1 fully saturated rings. The van der Waals surface area contributed by atoms with Crippen molar-refractivity contribution < 1.29 is 19.1 Å². The average molecular weight is 327 g/mol. The van der Waals surface area contributed by atoms with E-state index in [2.05, 4.69) is 11.9 Å². The number of esters is 2. The van der Waals surface area contributed by atoms with Gasteiger partial charge < -0.3 is 14.5 Å². The molecule has 0 saturated carbocycles. The second-order valence-electron chi connectivity index (χ2n) is 7.07. The molecule has 2 heterocycles. The summed E-state index contributed by atoms with van der Waals surface area (Å²) in [6, 6.07) is 5.55. The molecule has 1 saturated heterocycles. The van der Waals surface area contributed by atoms with Crippen LogP contribution in [0.15, 0.2) is 18.2 Å². The predicted octanol–water partition coefficient (Wildman–Crippen LogP) is 3.15. The van der Waals surface area contributed by atoms with Gasteiger partial charge in [-0.15, -0.1) is 0 Å². The zero-order valence-corrected chi connectivity index (χ0v) is 13.9. The van der Waals surface area contributed by atoms with Gasteiger partial charge in [0, 0.05) is 23.0 Å². The third-order valence-corrected chi connectivity index (χ3v) is 5.05. The number of cyclic esters (lactones) is 1. The molecule has 1 aliphatic carbocycles. The lowest BCUT2D eigenvalue weighted by atomic mass is 9.87. The standard InChI is InChI=1S/C19H21NO4/c1-10-3-5-15-13(7-10)14-9-12(4-6-16(14)20-15)18(21)24-17-8-11(2)23-19(17)22/h4,6,9-11,17,20H,3,5,7-8H2,1-2H3/t10-,11-,17+/m0/s1. The van der Waals surface area contributed by atoms with Crippen LogP contribution in [0.2, 0.25) is 0 Å². The number of H-pyrrole nitrogens is 1. The van der Waals surface area contributed by atoms with Gasteiger partial charge in [-0.05, 0) is 55.9 Å². The molecule has 5 nitrogen and oxygen atoms in total. The number of hydrogen-bond acceptors (Lipinski definition) is 4. The Bertz CT molecular complexity index is 822. The maximum Gasteiger partial charge on any atom is 0.347 e. The molecule has 1 aromatic carbocycles. The Kier molecular flexibility index (Phi) is 3.59. The lowest BCUT2D eigenvalue weighted by Gasteiger charge is -2.18. The van der Waals surface area contributed by atoms with Crippen molar-refractivity contribution in [2.24, 2.45) is 5.92 Å². The predicted molar refractivity (Wildman–Crippen MR) is 88.9 cm³/mol. The summed E-state index contributed by atoms with van der Waals surface area (Å²) in [5.74, 6) is -0.265. The number of carbonyl (C=O) groups excluding carboxylic acids is 2. The molecule has 3 atom stereocenters. The smallest absolute Gasteiger partial charge is 0.347 e. The van der Waals surface area contributed by atoms with Crippen LogP contribution in [-0.2, 0) is 27.1 Å². The van der Waals surface area contributed by atoms with E-state index >= 15 is 0 Å². The van der Waals surface area contributed by atoms with E-state index in [-0.39, 0.29) is 6.10 Å². The summed E-state index contributed by atoms with van der Waals surface area (Å²) in [4.78, 5) is 27.5. The van der Waals surface area contributed by atoms with Crippen LogP contribution in [0.4, 0.5) is 0 Å². The second kappa shape index (κ2) is 5.65. The van der Waals surface area contributed by atoms with Crippen molar-refractivity contribution in [3.8, 4) is 0 Å². The van der Waals surface area contributed by atoms with Gasteiger partial charge >= 0.3 is 11.9 Å². The minimum Gasteiger partial charge on any atom is -0.460 e. The van der Waals surface area contributed by atoms with Crippen molar-refractivity contribution in [2.45, 2.75) is 51.7 Å². The Morgan fingerprint density at radius 3 is 2.92 bits per heavy atom. The second-order valence-corrected chi connectivity index (χ2v) is 7.07. The highest BCUT2D eigenvalue weighted by Gasteiger charge is 2.35. The molecule has 2 aliphatic rings. The number of rotatable bonds is 2. The Labute approximate surface area is 140 Å². The van der Waals surface area contributed by atoms with Gasteiger partial charge in [0.25, 0.3) is 0 Å². The van der Waals surface area contributed by atoms with E-state index in [4.69, 9.17) is 9.47 Å². The van der Waals surface area contributed by atoms with Crippen molar-refractivity contribution in [1.29, 1.82) is 0 Å². The maximum atomic E-state index is 12.4. The highest BCUT2D eigenvalue weighted by atomic mass is 16.6. The minimum absolute atomic E-state index is 0.198. The maximum absolute atomic E-state index is 12.4.